The quantitative estimate of drug-likeness (QED) is 0.746. The van der Waals surface area contributed by atoms with E-state index in [9.17, 15) is 8.42 Å². The Bertz CT molecular complexity index is 881. The Morgan fingerprint density at radius 1 is 1.00 bits per heavy atom. The molecule has 2 aromatic carbocycles. The highest BCUT2D eigenvalue weighted by Gasteiger charge is 2.21. The minimum absolute atomic E-state index is 0.211. The lowest BCUT2D eigenvalue weighted by Gasteiger charge is -2.08. The summed E-state index contributed by atoms with van der Waals surface area (Å²) in [5.41, 5.74) is 2.13. The lowest BCUT2D eigenvalue weighted by Crippen LogP contribution is -2.14. The SMILES string of the molecule is CC(C)c1ccc(S(=O)(=O)n2nnc3ccccc32)cc1. The van der Waals surface area contributed by atoms with Gasteiger partial charge in [0.15, 0.2) is 0 Å². The number of nitrogens with zero attached hydrogens (tertiary/aromatic N) is 3. The van der Waals surface area contributed by atoms with Crippen molar-refractivity contribution in [3.8, 4) is 0 Å². The van der Waals surface area contributed by atoms with Gasteiger partial charge in [0.1, 0.15) is 11.0 Å². The number of hydrogen-bond donors (Lipinski definition) is 0. The number of rotatable bonds is 3. The molecule has 6 heteroatoms. The van der Waals surface area contributed by atoms with Gasteiger partial charge in [-0.05, 0) is 35.7 Å². The molecular weight excluding hydrogens is 286 g/mol. The van der Waals surface area contributed by atoms with E-state index in [0.717, 1.165) is 9.65 Å². The molecule has 108 valence electrons. The van der Waals surface area contributed by atoms with E-state index in [1.165, 1.54) is 0 Å². The second kappa shape index (κ2) is 4.96. The average molecular weight is 301 g/mol. The third kappa shape index (κ3) is 2.31. The van der Waals surface area contributed by atoms with Gasteiger partial charge in [0.25, 0.3) is 10.0 Å². The molecule has 5 nitrogen and oxygen atoms in total. The van der Waals surface area contributed by atoms with Gasteiger partial charge < -0.3 is 0 Å². The summed E-state index contributed by atoms with van der Waals surface area (Å²) >= 11 is 0. The summed E-state index contributed by atoms with van der Waals surface area (Å²) in [5, 5.41) is 7.67. The maximum Gasteiger partial charge on any atom is 0.284 e. The molecule has 0 aliphatic heterocycles. The van der Waals surface area contributed by atoms with E-state index in [-0.39, 0.29) is 4.90 Å². The van der Waals surface area contributed by atoms with Crippen molar-refractivity contribution in [1.82, 2.24) is 14.4 Å². The normalized spacial score (nSPS) is 12.1. The number of hydrogen-bond acceptors (Lipinski definition) is 4. The number of aromatic nitrogens is 3. The third-order valence-electron chi connectivity index (χ3n) is 3.39. The van der Waals surface area contributed by atoms with Crippen LogP contribution in [0.5, 0.6) is 0 Å². The van der Waals surface area contributed by atoms with Crippen LogP contribution in [-0.2, 0) is 10.0 Å². The summed E-state index contributed by atoms with van der Waals surface area (Å²) in [6.07, 6.45) is 0. The number of para-hydroxylation sites is 1. The van der Waals surface area contributed by atoms with E-state index < -0.39 is 10.0 Å². The lowest BCUT2D eigenvalue weighted by atomic mass is 10.0. The molecule has 0 radical (unpaired) electrons. The van der Waals surface area contributed by atoms with Crippen molar-refractivity contribution >= 4 is 21.1 Å². The Morgan fingerprint density at radius 2 is 1.67 bits per heavy atom. The van der Waals surface area contributed by atoms with E-state index in [1.54, 1.807) is 36.4 Å². The molecule has 0 unspecified atom stereocenters. The van der Waals surface area contributed by atoms with Crippen LogP contribution in [0, 0.1) is 0 Å². The fourth-order valence-electron chi connectivity index (χ4n) is 2.15. The highest BCUT2D eigenvalue weighted by molar-refractivity contribution is 7.90. The Kier molecular flexibility index (Phi) is 3.25. The molecule has 0 atom stereocenters. The lowest BCUT2D eigenvalue weighted by molar-refractivity contribution is 0.579. The highest BCUT2D eigenvalue weighted by Crippen LogP contribution is 2.21. The summed E-state index contributed by atoms with van der Waals surface area (Å²) in [6, 6.07) is 13.9. The Hall–Kier alpha value is -2.21. The van der Waals surface area contributed by atoms with Crippen LogP contribution in [0.2, 0.25) is 0 Å². The van der Waals surface area contributed by atoms with Crippen molar-refractivity contribution in [3.05, 3.63) is 54.1 Å². The maximum atomic E-state index is 12.7. The van der Waals surface area contributed by atoms with E-state index in [2.05, 4.69) is 24.2 Å². The van der Waals surface area contributed by atoms with Crippen LogP contribution in [0.25, 0.3) is 11.0 Å². The molecule has 3 rings (SSSR count). The fraction of sp³-hybridized carbons (Fsp3) is 0.200. The topological polar surface area (TPSA) is 64.8 Å². The molecule has 0 aliphatic rings. The smallest absolute Gasteiger partial charge is 0.199 e. The van der Waals surface area contributed by atoms with Gasteiger partial charge in [-0.2, -0.15) is 8.42 Å². The van der Waals surface area contributed by atoms with Crippen LogP contribution in [-0.4, -0.2) is 22.8 Å². The Labute approximate surface area is 123 Å². The molecule has 1 aromatic heterocycles. The predicted octanol–water partition coefficient (Wildman–Crippen LogP) is 2.79. The first-order valence-electron chi connectivity index (χ1n) is 6.66. The van der Waals surface area contributed by atoms with Crippen molar-refractivity contribution < 1.29 is 8.42 Å². The Balaban J connectivity index is 2.12. The van der Waals surface area contributed by atoms with Gasteiger partial charge in [-0.25, -0.2) is 0 Å². The van der Waals surface area contributed by atoms with E-state index in [0.29, 0.717) is 17.0 Å². The maximum absolute atomic E-state index is 12.7. The minimum Gasteiger partial charge on any atom is -0.199 e. The first kappa shape index (κ1) is 13.8. The molecule has 21 heavy (non-hydrogen) atoms. The molecule has 0 saturated carbocycles. The molecule has 0 fully saturated rings. The number of benzene rings is 2. The van der Waals surface area contributed by atoms with Crippen molar-refractivity contribution in [3.63, 3.8) is 0 Å². The van der Waals surface area contributed by atoms with Crippen molar-refractivity contribution in [2.75, 3.05) is 0 Å². The first-order chi connectivity index (χ1) is 10.00. The molecule has 0 saturated heterocycles. The van der Waals surface area contributed by atoms with Crippen LogP contribution in [0.15, 0.2) is 53.4 Å². The van der Waals surface area contributed by atoms with Gasteiger partial charge in [0, 0.05) is 0 Å². The van der Waals surface area contributed by atoms with Gasteiger partial charge in [-0.1, -0.05) is 43.3 Å². The van der Waals surface area contributed by atoms with Crippen LogP contribution >= 0.6 is 0 Å². The summed E-state index contributed by atoms with van der Waals surface area (Å²) < 4.78 is 26.3. The zero-order valence-corrected chi connectivity index (χ0v) is 12.6. The van der Waals surface area contributed by atoms with Crippen molar-refractivity contribution in [1.29, 1.82) is 0 Å². The summed E-state index contributed by atoms with van der Waals surface area (Å²) in [6.45, 7) is 4.13. The van der Waals surface area contributed by atoms with Gasteiger partial charge in [0.05, 0.1) is 4.90 Å². The highest BCUT2D eigenvalue weighted by atomic mass is 32.2. The second-order valence-corrected chi connectivity index (χ2v) is 6.92. The van der Waals surface area contributed by atoms with Crippen molar-refractivity contribution in [2.24, 2.45) is 0 Å². The van der Waals surface area contributed by atoms with E-state index >= 15 is 0 Å². The third-order valence-corrected chi connectivity index (χ3v) is 4.99. The summed E-state index contributed by atoms with van der Waals surface area (Å²) in [7, 11) is -3.72. The minimum atomic E-state index is -3.72. The van der Waals surface area contributed by atoms with E-state index in [1.807, 2.05) is 12.1 Å². The van der Waals surface area contributed by atoms with Gasteiger partial charge >= 0.3 is 0 Å². The number of fused-ring (bicyclic) bond motifs is 1. The predicted molar refractivity (Wildman–Crippen MR) is 80.6 cm³/mol. The first-order valence-corrected chi connectivity index (χ1v) is 8.10. The molecule has 0 N–H and O–H groups in total. The molecule has 0 amide bonds. The van der Waals surface area contributed by atoms with E-state index in [4.69, 9.17) is 0 Å². The molecule has 0 spiro atoms. The Morgan fingerprint density at radius 3 is 2.33 bits per heavy atom. The molecule has 0 aliphatic carbocycles. The molecule has 0 bridgehead atoms. The van der Waals surface area contributed by atoms with Crippen LogP contribution in [0.4, 0.5) is 0 Å². The summed E-state index contributed by atoms with van der Waals surface area (Å²) in [4.78, 5) is 0.211. The molecule has 3 aromatic rings. The summed E-state index contributed by atoms with van der Waals surface area (Å²) in [5.74, 6) is 0.356. The largest absolute Gasteiger partial charge is 0.284 e. The molecule has 1 heterocycles. The van der Waals surface area contributed by atoms with Gasteiger partial charge in [-0.15, -0.1) is 9.19 Å². The van der Waals surface area contributed by atoms with Gasteiger partial charge in [0.2, 0.25) is 0 Å². The fourth-order valence-corrected chi connectivity index (χ4v) is 3.38. The standard InChI is InChI=1S/C15H15N3O2S/c1-11(2)12-7-9-13(10-8-12)21(19,20)18-15-6-4-3-5-14(15)16-17-18/h3-11H,1-2H3. The van der Waals surface area contributed by atoms with Crippen molar-refractivity contribution in [2.45, 2.75) is 24.7 Å². The van der Waals surface area contributed by atoms with Crippen LogP contribution < -0.4 is 0 Å². The monoisotopic (exact) mass is 301 g/mol. The zero-order chi connectivity index (χ0) is 15.0. The molecular formula is C15H15N3O2S. The van der Waals surface area contributed by atoms with Crippen LogP contribution in [0.3, 0.4) is 0 Å². The zero-order valence-electron chi connectivity index (χ0n) is 11.8. The average Bonchev–Trinajstić information content (AvgIpc) is 2.92. The second-order valence-electron chi connectivity index (χ2n) is 5.15. The van der Waals surface area contributed by atoms with Gasteiger partial charge in [-0.3, -0.25) is 0 Å². The van der Waals surface area contributed by atoms with Crippen LogP contribution in [0.1, 0.15) is 25.3 Å².